The van der Waals surface area contributed by atoms with Crippen LogP contribution in [0.3, 0.4) is 0 Å². The van der Waals surface area contributed by atoms with Crippen molar-refractivity contribution in [2.75, 3.05) is 6.61 Å². The highest BCUT2D eigenvalue weighted by atomic mass is 16.3. The van der Waals surface area contributed by atoms with Gasteiger partial charge in [0, 0.05) is 12.5 Å². The normalized spacial score (nSPS) is 12.5. The van der Waals surface area contributed by atoms with Gasteiger partial charge >= 0.3 is 0 Å². The van der Waals surface area contributed by atoms with Gasteiger partial charge in [0.25, 0.3) is 0 Å². The Hall–Kier alpha value is -1.15. The maximum absolute atomic E-state index is 11.4. The van der Waals surface area contributed by atoms with Gasteiger partial charge in [-0.3, -0.25) is 4.79 Å². The lowest BCUT2D eigenvalue weighted by molar-refractivity contribution is -0.121. The topological polar surface area (TPSA) is 37.3 Å². The van der Waals surface area contributed by atoms with Gasteiger partial charge in [0.05, 0.1) is 0 Å². The van der Waals surface area contributed by atoms with E-state index in [2.05, 4.69) is 26.0 Å². The first-order chi connectivity index (χ1) is 7.56. The Bertz CT molecular complexity index is 349. The van der Waals surface area contributed by atoms with Crippen LogP contribution >= 0.6 is 0 Å². The van der Waals surface area contributed by atoms with E-state index in [0.29, 0.717) is 6.42 Å². The first-order valence-electron chi connectivity index (χ1n) is 5.72. The lowest BCUT2D eigenvalue weighted by Crippen LogP contribution is -2.16. The minimum Gasteiger partial charge on any atom is -0.396 e. The first kappa shape index (κ1) is 12.9. The number of benzene rings is 1. The highest BCUT2D eigenvalue weighted by molar-refractivity contribution is 5.78. The Morgan fingerprint density at radius 1 is 1.31 bits per heavy atom. The van der Waals surface area contributed by atoms with Crippen LogP contribution in [0.15, 0.2) is 18.2 Å². The van der Waals surface area contributed by atoms with E-state index < -0.39 is 0 Å². The minimum absolute atomic E-state index is 0.0511. The number of carbonyl (C=O) groups is 1. The SMILES string of the molecule is CC(=O)C(CCO)Cc1c(C)cccc1C. The second kappa shape index (κ2) is 5.80. The van der Waals surface area contributed by atoms with E-state index in [1.165, 1.54) is 16.7 Å². The van der Waals surface area contributed by atoms with Crippen LogP contribution in [0.1, 0.15) is 30.0 Å². The molecule has 0 aliphatic heterocycles. The molecule has 0 heterocycles. The van der Waals surface area contributed by atoms with Gasteiger partial charge in [-0.15, -0.1) is 0 Å². The molecule has 0 aliphatic rings. The molecule has 0 radical (unpaired) electrons. The monoisotopic (exact) mass is 220 g/mol. The Morgan fingerprint density at radius 3 is 2.31 bits per heavy atom. The van der Waals surface area contributed by atoms with Crippen LogP contribution in [-0.4, -0.2) is 17.5 Å². The molecule has 0 saturated heterocycles. The fourth-order valence-corrected chi connectivity index (χ4v) is 2.02. The van der Waals surface area contributed by atoms with Crippen molar-refractivity contribution in [1.29, 1.82) is 0 Å². The van der Waals surface area contributed by atoms with Crippen molar-refractivity contribution in [1.82, 2.24) is 0 Å². The quantitative estimate of drug-likeness (QED) is 0.827. The number of ketones is 1. The summed E-state index contributed by atoms with van der Waals surface area (Å²) in [5, 5.41) is 8.95. The summed E-state index contributed by atoms with van der Waals surface area (Å²) in [6.07, 6.45) is 1.30. The molecule has 88 valence electrons. The highest BCUT2D eigenvalue weighted by Crippen LogP contribution is 2.20. The number of aryl methyl sites for hydroxylation is 2. The zero-order valence-electron chi connectivity index (χ0n) is 10.3. The van der Waals surface area contributed by atoms with Crippen LogP contribution < -0.4 is 0 Å². The molecular formula is C14H20O2. The molecule has 2 heteroatoms. The van der Waals surface area contributed by atoms with Crippen LogP contribution in [0.5, 0.6) is 0 Å². The summed E-state index contributed by atoms with van der Waals surface area (Å²) in [5.74, 6) is 0.113. The molecule has 0 bridgehead atoms. The summed E-state index contributed by atoms with van der Waals surface area (Å²) in [7, 11) is 0. The smallest absolute Gasteiger partial charge is 0.133 e. The zero-order valence-corrected chi connectivity index (χ0v) is 10.3. The molecule has 0 fully saturated rings. The van der Waals surface area contributed by atoms with E-state index in [-0.39, 0.29) is 18.3 Å². The molecule has 0 aromatic heterocycles. The van der Waals surface area contributed by atoms with Crippen molar-refractivity contribution in [3.63, 3.8) is 0 Å². The van der Waals surface area contributed by atoms with Crippen LogP contribution in [0, 0.1) is 19.8 Å². The summed E-state index contributed by atoms with van der Waals surface area (Å²) in [4.78, 5) is 11.4. The van der Waals surface area contributed by atoms with E-state index >= 15 is 0 Å². The van der Waals surface area contributed by atoms with E-state index in [0.717, 1.165) is 6.42 Å². The predicted octanol–water partition coefficient (Wildman–Crippen LogP) is 2.43. The summed E-state index contributed by atoms with van der Waals surface area (Å²) >= 11 is 0. The fourth-order valence-electron chi connectivity index (χ4n) is 2.02. The first-order valence-corrected chi connectivity index (χ1v) is 5.72. The van der Waals surface area contributed by atoms with Crippen molar-refractivity contribution in [3.8, 4) is 0 Å². The maximum Gasteiger partial charge on any atom is 0.133 e. The number of carbonyl (C=O) groups excluding carboxylic acids is 1. The molecule has 1 N–H and O–H groups in total. The lowest BCUT2D eigenvalue weighted by Gasteiger charge is -2.16. The molecular weight excluding hydrogens is 200 g/mol. The number of hydrogen-bond acceptors (Lipinski definition) is 2. The van der Waals surface area contributed by atoms with Gasteiger partial charge in [0.2, 0.25) is 0 Å². The van der Waals surface area contributed by atoms with Crippen molar-refractivity contribution >= 4 is 5.78 Å². The van der Waals surface area contributed by atoms with Gasteiger partial charge in [-0.1, -0.05) is 18.2 Å². The molecule has 0 spiro atoms. The van der Waals surface area contributed by atoms with E-state index in [9.17, 15) is 4.79 Å². The largest absolute Gasteiger partial charge is 0.396 e. The Labute approximate surface area is 97.3 Å². The van der Waals surface area contributed by atoms with E-state index in [1.807, 2.05) is 6.07 Å². The summed E-state index contributed by atoms with van der Waals surface area (Å²) in [5.41, 5.74) is 3.70. The molecule has 0 saturated carbocycles. The Morgan fingerprint density at radius 2 is 1.88 bits per heavy atom. The molecule has 2 nitrogen and oxygen atoms in total. The number of rotatable bonds is 5. The minimum atomic E-state index is -0.0511. The summed E-state index contributed by atoms with van der Waals surface area (Å²) in [6.45, 7) is 5.82. The second-order valence-corrected chi connectivity index (χ2v) is 4.39. The Kier molecular flexibility index (Phi) is 4.69. The van der Waals surface area contributed by atoms with Crippen molar-refractivity contribution in [3.05, 3.63) is 34.9 Å². The average Bonchev–Trinajstić information content (AvgIpc) is 2.21. The Balaban J connectivity index is 2.89. The summed E-state index contributed by atoms with van der Waals surface area (Å²) < 4.78 is 0. The van der Waals surface area contributed by atoms with Gasteiger partial charge in [-0.2, -0.15) is 0 Å². The maximum atomic E-state index is 11.4. The molecule has 0 amide bonds. The molecule has 1 unspecified atom stereocenters. The average molecular weight is 220 g/mol. The van der Waals surface area contributed by atoms with Gasteiger partial charge in [0.15, 0.2) is 0 Å². The number of aliphatic hydroxyl groups excluding tert-OH is 1. The second-order valence-electron chi connectivity index (χ2n) is 4.39. The molecule has 1 rings (SSSR count). The standard InChI is InChI=1S/C14H20O2/c1-10-5-4-6-11(2)14(10)9-13(7-8-15)12(3)16/h4-6,13,15H,7-9H2,1-3H3. The van der Waals surface area contributed by atoms with Crippen LogP contribution in [0.4, 0.5) is 0 Å². The van der Waals surface area contributed by atoms with E-state index in [4.69, 9.17) is 5.11 Å². The van der Waals surface area contributed by atoms with Crippen molar-refractivity contribution in [2.24, 2.45) is 5.92 Å². The number of hydrogen-bond donors (Lipinski definition) is 1. The highest BCUT2D eigenvalue weighted by Gasteiger charge is 2.16. The molecule has 0 aliphatic carbocycles. The number of aliphatic hydroxyl groups is 1. The fraction of sp³-hybridized carbons (Fsp3) is 0.500. The third kappa shape index (κ3) is 3.17. The van der Waals surface area contributed by atoms with Gasteiger partial charge in [-0.05, 0) is 50.3 Å². The molecule has 1 aromatic carbocycles. The van der Waals surface area contributed by atoms with Crippen molar-refractivity contribution in [2.45, 2.75) is 33.6 Å². The predicted molar refractivity (Wildman–Crippen MR) is 65.5 cm³/mol. The lowest BCUT2D eigenvalue weighted by atomic mass is 9.89. The van der Waals surface area contributed by atoms with Crippen LogP contribution in [0.2, 0.25) is 0 Å². The van der Waals surface area contributed by atoms with E-state index in [1.54, 1.807) is 6.92 Å². The van der Waals surface area contributed by atoms with Crippen LogP contribution in [0.25, 0.3) is 0 Å². The van der Waals surface area contributed by atoms with Gasteiger partial charge < -0.3 is 5.11 Å². The van der Waals surface area contributed by atoms with Gasteiger partial charge in [0.1, 0.15) is 5.78 Å². The third-order valence-corrected chi connectivity index (χ3v) is 3.15. The number of Topliss-reactive ketones (excluding diaryl/α,β-unsaturated/α-hetero) is 1. The molecule has 1 atom stereocenters. The zero-order chi connectivity index (χ0) is 12.1. The third-order valence-electron chi connectivity index (χ3n) is 3.15. The molecule has 16 heavy (non-hydrogen) atoms. The van der Waals surface area contributed by atoms with Gasteiger partial charge in [-0.25, -0.2) is 0 Å². The van der Waals surface area contributed by atoms with Crippen molar-refractivity contribution < 1.29 is 9.90 Å². The summed E-state index contributed by atoms with van der Waals surface area (Å²) in [6, 6.07) is 6.17. The molecule has 1 aromatic rings. The van der Waals surface area contributed by atoms with Crippen LogP contribution in [-0.2, 0) is 11.2 Å².